The zero-order valence-corrected chi connectivity index (χ0v) is 13.8. The second-order valence-electron chi connectivity index (χ2n) is 5.65. The third kappa shape index (κ3) is 3.52. The van der Waals surface area contributed by atoms with Crippen LogP contribution in [0, 0.1) is 0 Å². The maximum Gasteiger partial charge on any atom is 0.335 e. The molecule has 2 N–H and O–H groups in total. The molecule has 1 heterocycles. The number of aromatic nitrogens is 2. The smallest absolute Gasteiger partial charge is 0.335 e. The first-order valence-electron chi connectivity index (χ1n) is 8.09. The number of nitrogens with one attached hydrogen (secondary N) is 1. The second-order valence-corrected chi connectivity index (χ2v) is 5.65. The van der Waals surface area contributed by atoms with Crippen LogP contribution in [-0.4, -0.2) is 27.7 Å². The van der Waals surface area contributed by atoms with Gasteiger partial charge in [0.1, 0.15) is 11.6 Å². The zero-order chi connectivity index (χ0) is 17.8. The Balaban J connectivity index is 2.07. The largest absolute Gasteiger partial charge is 0.493 e. The van der Waals surface area contributed by atoms with Gasteiger partial charge in [-0.25, -0.2) is 9.78 Å². The fourth-order valence-electron chi connectivity index (χ4n) is 2.51. The first kappa shape index (κ1) is 16.7. The minimum Gasteiger partial charge on any atom is -0.493 e. The van der Waals surface area contributed by atoms with E-state index in [-0.39, 0.29) is 16.5 Å². The number of fused-ring (bicyclic) bond motifs is 1. The monoisotopic (exact) mass is 338 g/mol. The molecule has 0 radical (unpaired) electrons. The molecule has 0 aliphatic carbocycles. The molecule has 0 fully saturated rings. The number of nitrogens with zero attached hydrogens (tertiary/aromatic N) is 1. The number of carboxylic acid groups (broad SMARTS) is 1. The number of aromatic carboxylic acids is 1. The zero-order valence-electron chi connectivity index (χ0n) is 13.8. The Hall–Kier alpha value is -3.15. The second kappa shape index (κ2) is 7.17. The van der Waals surface area contributed by atoms with Gasteiger partial charge in [-0.05, 0) is 36.8 Å². The molecule has 0 aliphatic rings. The van der Waals surface area contributed by atoms with Crippen LogP contribution >= 0.6 is 0 Å². The predicted octanol–water partition coefficient (Wildman–Crippen LogP) is 3.47. The highest BCUT2D eigenvalue weighted by molar-refractivity contribution is 5.93. The van der Waals surface area contributed by atoms with E-state index in [0.717, 1.165) is 12.8 Å². The molecule has 0 unspecified atom stereocenters. The van der Waals surface area contributed by atoms with E-state index in [9.17, 15) is 9.59 Å². The van der Waals surface area contributed by atoms with Crippen molar-refractivity contribution in [3.05, 3.63) is 58.4 Å². The molecule has 0 bridgehead atoms. The molecule has 0 atom stereocenters. The molecule has 0 amide bonds. The number of unbranched alkanes of at least 4 members (excludes halogenated alkanes) is 1. The highest BCUT2D eigenvalue weighted by Gasteiger charge is 2.12. The van der Waals surface area contributed by atoms with Gasteiger partial charge in [-0.2, -0.15) is 0 Å². The van der Waals surface area contributed by atoms with Crippen LogP contribution in [0.15, 0.2) is 47.3 Å². The van der Waals surface area contributed by atoms with Crippen LogP contribution in [0.2, 0.25) is 0 Å². The molecule has 0 saturated carbocycles. The third-order valence-electron chi connectivity index (χ3n) is 3.85. The number of ether oxygens (including phenoxy) is 1. The summed E-state index contributed by atoms with van der Waals surface area (Å²) in [7, 11) is 0. The van der Waals surface area contributed by atoms with Crippen molar-refractivity contribution in [2.24, 2.45) is 0 Å². The number of para-hydroxylation sites is 1. The Morgan fingerprint density at radius 3 is 2.80 bits per heavy atom. The van der Waals surface area contributed by atoms with E-state index in [1.165, 1.54) is 18.2 Å². The van der Waals surface area contributed by atoms with Crippen LogP contribution in [0.5, 0.6) is 5.75 Å². The van der Waals surface area contributed by atoms with E-state index in [1.54, 1.807) is 0 Å². The Bertz CT molecular complexity index is 979. The highest BCUT2D eigenvalue weighted by atomic mass is 16.5. The van der Waals surface area contributed by atoms with Gasteiger partial charge in [-0.1, -0.05) is 25.5 Å². The van der Waals surface area contributed by atoms with Crippen molar-refractivity contribution in [2.75, 3.05) is 6.61 Å². The van der Waals surface area contributed by atoms with Gasteiger partial charge in [0.2, 0.25) is 0 Å². The normalized spacial score (nSPS) is 10.8. The molecule has 1 aromatic heterocycles. The molecule has 6 heteroatoms. The molecule has 25 heavy (non-hydrogen) atoms. The van der Waals surface area contributed by atoms with E-state index in [2.05, 4.69) is 16.9 Å². The summed E-state index contributed by atoms with van der Waals surface area (Å²) in [6.45, 7) is 2.68. The molecule has 6 nitrogen and oxygen atoms in total. The van der Waals surface area contributed by atoms with E-state index in [0.29, 0.717) is 29.3 Å². The van der Waals surface area contributed by atoms with Gasteiger partial charge < -0.3 is 14.8 Å². The number of carbonyl (C=O) groups is 1. The Labute approximate surface area is 144 Å². The first-order valence-corrected chi connectivity index (χ1v) is 8.09. The molecule has 0 saturated heterocycles. The average Bonchev–Trinajstić information content (AvgIpc) is 2.62. The van der Waals surface area contributed by atoms with Gasteiger partial charge in [0.05, 0.1) is 28.6 Å². The van der Waals surface area contributed by atoms with Crippen LogP contribution in [0.1, 0.15) is 30.1 Å². The number of hydrogen-bond donors (Lipinski definition) is 2. The summed E-state index contributed by atoms with van der Waals surface area (Å²) in [5, 5.41) is 9.30. The summed E-state index contributed by atoms with van der Waals surface area (Å²) < 4.78 is 5.79. The van der Waals surface area contributed by atoms with Gasteiger partial charge >= 0.3 is 5.97 Å². The lowest BCUT2D eigenvalue weighted by atomic mass is 10.1. The number of hydrogen-bond acceptors (Lipinski definition) is 4. The van der Waals surface area contributed by atoms with Crippen molar-refractivity contribution in [2.45, 2.75) is 19.8 Å². The van der Waals surface area contributed by atoms with Gasteiger partial charge in [0.15, 0.2) is 0 Å². The lowest BCUT2D eigenvalue weighted by molar-refractivity contribution is 0.0697. The van der Waals surface area contributed by atoms with Gasteiger partial charge in [0, 0.05) is 0 Å². The van der Waals surface area contributed by atoms with E-state index in [4.69, 9.17) is 9.84 Å². The molecule has 0 spiro atoms. The van der Waals surface area contributed by atoms with E-state index < -0.39 is 5.97 Å². The Morgan fingerprint density at radius 1 is 1.24 bits per heavy atom. The summed E-state index contributed by atoms with van der Waals surface area (Å²) in [5.41, 5.74) is 0.800. The molecule has 0 aliphatic heterocycles. The van der Waals surface area contributed by atoms with Crippen molar-refractivity contribution >= 4 is 16.9 Å². The van der Waals surface area contributed by atoms with Crippen LogP contribution in [0.3, 0.4) is 0 Å². The van der Waals surface area contributed by atoms with Gasteiger partial charge in [-0.3, -0.25) is 4.79 Å². The fraction of sp³-hybridized carbons (Fsp3) is 0.211. The molecule has 128 valence electrons. The SMILES string of the molecule is CCCCOc1ccccc1-c1nc2ccc(C(=O)O)cc2c(=O)[nH]1. The maximum atomic E-state index is 12.4. The molecular formula is C19H18N2O4. The quantitative estimate of drug-likeness (QED) is 0.671. The van der Waals surface area contributed by atoms with Gasteiger partial charge in [0.25, 0.3) is 5.56 Å². The van der Waals surface area contributed by atoms with Crippen molar-refractivity contribution in [3.8, 4) is 17.1 Å². The lowest BCUT2D eigenvalue weighted by Gasteiger charge is -2.11. The Kier molecular flexibility index (Phi) is 4.79. The third-order valence-corrected chi connectivity index (χ3v) is 3.85. The topological polar surface area (TPSA) is 92.3 Å². The maximum absolute atomic E-state index is 12.4. The summed E-state index contributed by atoms with van der Waals surface area (Å²) in [5.74, 6) is -0.0340. The summed E-state index contributed by atoms with van der Waals surface area (Å²) >= 11 is 0. The predicted molar refractivity (Wildman–Crippen MR) is 95.2 cm³/mol. The summed E-state index contributed by atoms with van der Waals surface area (Å²) in [6, 6.07) is 11.7. The molecular weight excluding hydrogens is 320 g/mol. The van der Waals surface area contributed by atoms with Crippen LogP contribution < -0.4 is 10.3 Å². The number of carboxylic acids is 1. The molecule has 2 aromatic carbocycles. The number of benzene rings is 2. The minimum atomic E-state index is -1.08. The van der Waals surface area contributed by atoms with Crippen molar-refractivity contribution in [1.82, 2.24) is 9.97 Å². The van der Waals surface area contributed by atoms with Crippen LogP contribution in [0.4, 0.5) is 0 Å². The van der Waals surface area contributed by atoms with Crippen LogP contribution in [-0.2, 0) is 0 Å². The first-order chi connectivity index (χ1) is 12.1. The lowest BCUT2D eigenvalue weighted by Crippen LogP contribution is -2.11. The number of aromatic amines is 1. The van der Waals surface area contributed by atoms with Crippen LogP contribution in [0.25, 0.3) is 22.3 Å². The van der Waals surface area contributed by atoms with E-state index in [1.807, 2.05) is 24.3 Å². The molecule has 3 rings (SSSR count). The molecule has 3 aromatic rings. The summed E-state index contributed by atoms with van der Waals surface area (Å²) in [4.78, 5) is 30.6. The van der Waals surface area contributed by atoms with E-state index >= 15 is 0 Å². The van der Waals surface area contributed by atoms with Crippen molar-refractivity contribution in [3.63, 3.8) is 0 Å². The minimum absolute atomic E-state index is 0.0517. The average molecular weight is 338 g/mol. The van der Waals surface area contributed by atoms with Crippen molar-refractivity contribution < 1.29 is 14.6 Å². The summed E-state index contributed by atoms with van der Waals surface area (Å²) in [6.07, 6.45) is 1.97. The van der Waals surface area contributed by atoms with Crippen molar-refractivity contribution in [1.29, 1.82) is 0 Å². The number of rotatable bonds is 6. The number of H-pyrrole nitrogens is 1. The Morgan fingerprint density at radius 2 is 2.04 bits per heavy atom. The fourth-order valence-corrected chi connectivity index (χ4v) is 2.51. The standard InChI is InChI=1S/C19H18N2O4/c1-2-3-10-25-16-7-5-4-6-13(16)17-20-15-9-8-12(19(23)24)11-14(15)18(22)21-17/h4-9,11H,2-3,10H2,1H3,(H,23,24)(H,20,21,22). The highest BCUT2D eigenvalue weighted by Crippen LogP contribution is 2.27. The van der Waals surface area contributed by atoms with Gasteiger partial charge in [-0.15, -0.1) is 0 Å².